The van der Waals surface area contributed by atoms with Crippen molar-refractivity contribution in [3.05, 3.63) is 59.2 Å². The molecule has 0 atom stereocenters. The lowest BCUT2D eigenvalue weighted by atomic mass is 9.78. The summed E-state index contributed by atoms with van der Waals surface area (Å²) in [6.07, 6.45) is 3.49. The van der Waals surface area contributed by atoms with Crippen molar-refractivity contribution in [2.24, 2.45) is 0 Å². The number of aryl methyl sites for hydroxylation is 1. The van der Waals surface area contributed by atoms with Crippen LogP contribution in [-0.4, -0.2) is 4.98 Å². The minimum atomic E-state index is -0.243. The Morgan fingerprint density at radius 1 is 1.00 bits per heavy atom. The van der Waals surface area contributed by atoms with Crippen LogP contribution >= 0.6 is 0 Å². The van der Waals surface area contributed by atoms with Crippen LogP contribution in [0.2, 0.25) is 0 Å². The Labute approximate surface area is 128 Å². The number of aromatic amines is 1. The Morgan fingerprint density at radius 3 is 2.36 bits per heavy atom. The maximum Gasteiger partial charge on any atom is 0.124 e. The number of rotatable bonds is 2. The van der Waals surface area contributed by atoms with Crippen LogP contribution in [0, 0.1) is 18.6 Å². The van der Waals surface area contributed by atoms with Gasteiger partial charge in [-0.2, -0.15) is 0 Å². The molecule has 0 spiro atoms. The van der Waals surface area contributed by atoms with Crippen molar-refractivity contribution in [1.82, 2.24) is 4.98 Å². The summed E-state index contributed by atoms with van der Waals surface area (Å²) >= 11 is 0. The molecule has 0 aliphatic heterocycles. The van der Waals surface area contributed by atoms with Crippen LogP contribution in [0.25, 0.3) is 22.2 Å². The van der Waals surface area contributed by atoms with Gasteiger partial charge in [-0.1, -0.05) is 6.42 Å². The SMILES string of the molecule is Cc1cc(F)cc2c(C3CCC3)c(-c3ccc(F)cc3)[nH]c12. The summed E-state index contributed by atoms with van der Waals surface area (Å²) < 4.78 is 27.1. The lowest BCUT2D eigenvalue weighted by Crippen LogP contribution is -2.09. The molecule has 3 aromatic rings. The van der Waals surface area contributed by atoms with Crippen LogP contribution in [-0.2, 0) is 0 Å². The number of hydrogen-bond donors (Lipinski definition) is 1. The third-order valence-corrected chi connectivity index (χ3v) is 4.76. The highest BCUT2D eigenvalue weighted by atomic mass is 19.1. The average molecular weight is 297 g/mol. The normalized spacial score (nSPS) is 15.2. The third kappa shape index (κ3) is 2.04. The Hall–Kier alpha value is -2.16. The minimum absolute atomic E-state index is 0.199. The van der Waals surface area contributed by atoms with Gasteiger partial charge in [0.15, 0.2) is 0 Å². The van der Waals surface area contributed by atoms with Gasteiger partial charge < -0.3 is 4.98 Å². The summed E-state index contributed by atoms with van der Waals surface area (Å²) in [5.74, 6) is 0.0255. The van der Waals surface area contributed by atoms with Crippen LogP contribution < -0.4 is 0 Å². The summed E-state index contributed by atoms with van der Waals surface area (Å²) in [7, 11) is 0. The van der Waals surface area contributed by atoms with Gasteiger partial charge in [0.05, 0.1) is 0 Å². The molecule has 1 heterocycles. The van der Waals surface area contributed by atoms with Gasteiger partial charge in [0.25, 0.3) is 0 Å². The van der Waals surface area contributed by atoms with Gasteiger partial charge in [-0.05, 0) is 78.8 Å². The van der Waals surface area contributed by atoms with Gasteiger partial charge in [-0.3, -0.25) is 0 Å². The monoisotopic (exact) mass is 297 g/mol. The number of H-pyrrole nitrogens is 1. The van der Waals surface area contributed by atoms with Crippen molar-refractivity contribution in [2.45, 2.75) is 32.1 Å². The second-order valence-corrected chi connectivity index (χ2v) is 6.19. The second kappa shape index (κ2) is 4.94. The molecule has 1 aromatic heterocycles. The van der Waals surface area contributed by atoms with Crippen LogP contribution in [0.5, 0.6) is 0 Å². The van der Waals surface area contributed by atoms with Gasteiger partial charge in [0.1, 0.15) is 11.6 Å². The first-order chi connectivity index (χ1) is 10.6. The molecule has 0 radical (unpaired) electrons. The minimum Gasteiger partial charge on any atom is -0.354 e. The zero-order chi connectivity index (χ0) is 15.3. The molecule has 1 fully saturated rings. The number of aromatic nitrogens is 1. The molecule has 0 saturated heterocycles. The second-order valence-electron chi connectivity index (χ2n) is 6.19. The Kier molecular flexibility index (Phi) is 3.03. The number of hydrogen-bond acceptors (Lipinski definition) is 0. The molecule has 0 bridgehead atoms. The van der Waals surface area contributed by atoms with Crippen molar-refractivity contribution in [1.29, 1.82) is 0 Å². The third-order valence-electron chi connectivity index (χ3n) is 4.76. The van der Waals surface area contributed by atoms with Gasteiger partial charge in [-0.15, -0.1) is 0 Å². The molecule has 3 heteroatoms. The largest absolute Gasteiger partial charge is 0.354 e. The van der Waals surface area contributed by atoms with Gasteiger partial charge in [0, 0.05) is 16.6 Å². The topological polar surface area (TPSA) is 15.8 Å². The molecule has 1 nitrogen and oxygen atoms in total. The molecule has 4 rings (SSSR count). The van der Waals surface area contributed by atoms with E-state index < -0.39 is 0 Å². The van der Waals surface area contributed by atoms with Crippen molar-refractivity contribution < 1.29 is 8.78 Å². The van der Waals surface area contributed by atoms with Crippen LogP contribution in [0.3, 0.4) is 0 Å². The highest BCUT2D eigenvalue weighted by Gasteiger charge is 2.27. The van der Waals surface area contributed by atoms with Crippen molar-refractivity contribution in [3.63, 3.8) is 0 Å². The lowest BCUT2D eigenvalue weighted by molar-refractivity contribution is 0.423. The molecule has 112 valence electrons. The predicted octanol–water partition coefficient (Wildman–Crippen LogP) is 5.69. The van der Waals surface area contributed by atoms with E-state index >= 15 is 0 Å². The molecule has 1 aliphatic rings. The van der Waals surface area contributed by atoms with E-state index in [-0.39, 0.29) is 11.6 Å². The summed E-state index contributed by atoms with van der Waals surface area (Å²) in [6.45, 7) is 1.92. The van der Waals surface area contributed by atoms with Gasteiger partial charge >= 0.3 is 0 Å². The van der Waals surface area contributed by atoms with E-state index in [2.05, 4.69) is 4.98 Å². The standard InChI is InChI=1S/C19H17F2N/c1-11-9-15(21)10-16-17(12-3-2-4-12)19(22-18(11)16)13-5-7-14(20)8-6-13/h5-10,12,22H,2-4H2,1H3. The van der Waals surface area contributed by atoms with Crippen LogP contribution in [0.15, 0.2) is 36.4 Å². The first kappa shape index (κ1) is 13.5. The van der Waals surface area contributed by atoms with E-state index in [4.69, 9.17) is 0 Å². The number of nitrogens with one attached hydrogen (secondary N) is 1. The Bertz CT molecular complexity index is 842. The maximum atomic E-state index is 13.9. The number of benzene rings is 2. The van der Waals surface area contributed by atoms with Crippen LogP contribution in [0.4, 0.5) is 8.78 Å². The first-order valence-electron chi connectivity index (χ1n) is 7.71. The molecule has 1 aliphatic carbocycles. The van der Waals surface area contributed by atoms with Crippen molar-refractivity contribution in [3.8, 4) is 11.3 Å². The highest BCUT2D eigenvalue weighted by Crippen LogP contribution is 2.45. The fraction of sp³-hybridized carbons (Fsp3) is 0.263. The Morgan fingerprint density at radius 2 is 1.73 bits per heavy atom. The van der Waals surface area contributed by atoms with Gasteiger partial charge in [-0.25, -0.2) is 8.78 Å². The fourth-order valence-electron chi connectivity index (χ4n) is 3.41. The first-order valence-corrected chi connectivity index (χ1v) is 7.71. The maximum absolute atomic E-state index is 13.9. The summed E-state index contributed by atoms with van der Waals surface area (Å²) in [6, 6.07) is 9.69. The Balaban J connectivity index is 2.00. The molecular formula is C19H17F2N. The van der Waals surface area contributed by atoms with Crippen molar-refractivity contribution in [2.75, 3.05) is 0 Å². The number of halogens is 2. The fourth-order valence-corrected chi connectivity index (χ4v) is 3.41. The van der Waals surface area contributed by atoms with E-state index in [0.717, 1.165) is 40.6 Å². The lowest BCUT2D eigenvalue weighted by Gasteiger charge is -2.26. The average Bonchev–Trinajstić information content (AvgIpc) is 2.78. The molecule has 22 heavy (non-hydrogen) atoms. The van der Waals surface area contributed by atoms with Crippen LogP contribution in [0.1, 0.15) is 36.3 Å². The smallest absolute Gasteiger partial charge is 0.124 e. The molecule has 2 aromatic carbocycles. The summed E-state index contributed by atoms with van der Waals surface area (Å²) in [5, 5.41) is 0.974. The summed E-state index contributed by atoms with van der Waals surface area (Å²) in [5.41, 5.74) is 5.05. The summed E-state index contributed by atoms with van der Waals surface area (Å²) in [4.78, 5) is 3.46. The molecule has 0 unspecified atom stereocenters. The molecule has 0 amide bonds. The van der Waals surface area contributed by atoms with Crippen molar-refractivity contribution >= 4 is 10.9 Å². The molecule has 1 N–H and O–H groups in total. The predicted molar refractivity (Wildman–Crippen MR) is 85.0 cm³/mol. The van der Waals surface area contributed by atoms with Gasteiger partial charge in [0.2, 0.25) is 0 Å². The zero-order valence-corrected chi connectivity index (χ0v) is 12.4. The van der Waals surface area contributed by atoms with E-state index in [0.29, 0.717) is 5.92 Å². The van der Waals surface area contributed by atoms with E-state index in [1.54, 1.807) is 24.3 Å². The highest BCUT2D eigenvalue weighted by molar-refractivity contribution is 5.93. The number of fused-ring (bicyclic) bond motifs is 1. The zero-order valence-electron chi connectivity index (χ0n) is 12.4. The van der Waals surface area contributed by atoms with E-state index in [1.165, 1.54) is 24.1 Å². The van der Waals surface area contributed by atoms with E-state index in [9.17, 15) is 8.78 Å². The van der Waals surface area contributed by atoms with E-state index in [1.807, 2.05) is 6.92 Å². The molecular weight excluding hydrogens is 280 g/mol. The quantitative estimate of drug-likeness (QED) is 0.625. The molecule has 1 saturated carbocycles.